The van der Waals surface area contributed by atoms with E-state index in [1.807, 2.05) is 30.9 Å². The highest BCUT2D eigenvalue weighted by atomic mass is 35.5. The highest BCUT2D eigenvalue weighted by Crippen LogP contribution is 2.27. The van der Waals surface area contributed by atoms with Gasteiger partial charge in [0.2, 0.25) is 11.8 Å². The smallest absolute Gasteiger partial charge is 0.239 e. The second-order valence-corrected chi connectivity index (χ2v) is 6.76. The van der Waals surface area contributed by atoms with Gasteiger partial charge in [-0.3, -0.25) is 14.5 Å². The Balaban J connectivity index is 2.04. The van der Waals surface area contributed by atoms with E-state index >= 15 is 0 Å². The number of nitrogens with one attached hydrogen (secondary N) is 1. The van der Waals surface area contributed by atoms with Gasteiger partial charge in [0, 0.05) is 14.1 Å². The Morgan fingerprint density at radius 3 is 2.65 bits per heavy atom. The fourth-order valence-electron chi connectivity index (χ4n) is 3.03. The third-order valence-electron chi connectivity index (χ3n) is 4.13. The molecule has 1 heterocycles. The second kappa shape index (κ2) is 7.32. The lowest BCUT2D eigenvalue weighted by molar-refractivity contribution is -0.133. The third-order valence-corrected chi connectivity index (χ3v) is 4.43. The van der Waals surface area contributed by atoms with Gasteiger partial charge in [0.15, 0.2) is 0 Å². The fraction of sp³-hybridized carbons (Fsp3) is 0.529. The second-order valence-electron chi connectivity index (χ2n) is 6.35. The number of hydrogen-bond donors (Lipinski definition) is 1. The molecule has 0 saturated carbocycles. The molecule has 0 radical (unpaired) electrons. The van der Waals surface area contributed by atoms with Gasteiger partial charge in [0.1, 0.15) is 0 Å². The van der Waals surface area contributed by atoms with Gasteiger partial charge < -0.3 is 10.2 Å². The van der Waals surface area contributed by atoms with Crippen LogP contribution in [-0.4, -0.2) is 54.8 Å². The summed E-state index contributed by atoms with van der Waals surface area (Å²) in [6.45, 7) is 4.85. The van der Waals surface area contributed by atoms with E-state index in [1.54, 1.807) is 19.0 Å². The Bertz CT molecular complexity index is 593. The number of likely N-dealkylation sites (tertiary alicyclic amines) is 1. The van der Waals surface area contributed by atoms with E-state index in [0.29, 0.717) is 10.7 Å². The molecule has 2 amide bonds. The SMILES string of the molecule is Cc1cc(C)c(NC(=O)CN2CCC[C@@H]2C(=O)N(C)C)c(Cl)c1. The molecule has 0 spiro atoms. The predicted octanol–water partition coefficient (Wildman–Crippen LogP) is 2.45. The van der Waals surface area contributed by atoms with Crippen molar-refractivity contribution in [1.82, 2.24) is 9.80 Å². The lowest BCUT2D eigenvalue weighted by Gasteiger charge is -2.25. The van der Waals surface area contributed by atoms with Crippen LogP contribution in [0.4, 0.5) is 5.69 Å². The minimum absolute atomic E-state index is 0.0554. The number of hydrogen-bond acceptors (Lipinski definition) is 3. The Morgan fingerprint density at radius 1 is 1.35 bits per heavy atom. The number of carbonyl (C=O) groups is 2. The van der Waals surface area contributed by atoms with Crippen molar-refractivity contribution in [3.63, 3.8) is 0 Å². The summed E-state index contributed by atoms with van der Waals surface area (Å²) < 4.78 is 0. The van der Waals surface area contributed by atoms with Gasteiger partial charge in [0.05, 0.1) is 23.3 Å². The molecule has 1 N–H and O–H groups in total. The molecule has 23 heavy (non-hydrogen) atoms. The Kier molecular flexibility index (Phi) is 5.65. The van der Waals surface area contributed by atoms with Crippen LogP contribution in [0.2, 0.25) is 5.02 Å². The van der Waals surface area contributed by atoms with Crippen molar-refractivity contribution in [3.8, 4) is 0 Å². The maximum atomic E-state index is 12.4. The van der Waals surface area contributed by atoms with Crippen LogP contribution in [0.3, 0.4) is 0 Å². The van der Waals surface area contributed by atoms with Crippen molar-refractivity contribution >= 4 is 29.1 Å². The van der Waals surface area contributed by atoms with Gasteiger partial charge in [-0.25, -0.2) is 0 Å². The molecule has 0 aliphatic carbocycles. The quantitative estimate of drug-likeness (QED) is 0.918. The van der Waals surface area contributed by atoms with Crippen LogP contribution in [0.15, 0.2) is 12.1 Å². The predicted molar refractivity (Wildman–Crippen MR) is 92.8 cm³/mol. The van der Waals surface area contributed by atoms with Gasteiger partial charge in [-0.05, 0) is 50.4 Å². The summed E-state index contributed by atoms with van der Waals surface area (Å²) in [4.78, 5) is 28.1. The Labute approximate surface area is 142 Å². The number of halogens is 1. The summed E-state index contributed by atoms with van der Waals surface area (Å²) in [7, 11) is 3.49. The summed E-state index contributed by atoms with van der Waals surface area (Å²) in [6.07, 6.45) is 1.73. The van der Waals surface area contributed by atoms with Crippen molar-refractivity contribution in [2.75, 3.05) is 32.5 Å². The first-order valence-electron chi connectivity index (χ1n) is 7.81. The van der Waals surface area contributed by atoms with E-state index in [-0.39, 0.29) is 24.4 Å². The summed E-state index contributed by atoms with van der Waals surface area (Å²) >= 11 is 6.23. The molecule has 1 fully saturated rings. The molecule has 126 valence electrons. The van der Waals surface area contributed by atoms with Crippen LogP contribution >= 0.6 is 11.6 Å². The van der Waals surface area contributed by atoms with E-state index in [4.69, 9.17) is 11.6 Å². The molecule has 1 atom stereocenters. The van der Waals surface area contributed by atoms with Crippen LogP contribution in [0.25, 0.3) is 0 Å². The number of rotatable bonds is 4. The largest absolute Gasteiger partial charge is 0.347 e. The number of anilines is 1. The molecular weight excluding hydrogens is 314 g/mol. The molecule has 1 saturated heterocycles. The van der Waals surface area contributed by atoms with Gasteiger partial charge in [-0.15, -0.1) is 0 Å². The molecule has 0 unspecified atom stereocenters. The molecular formula is C17H24ClN3O2. The van der Waals surface area contributed by atoms with Crippen molar-refractivity contribution in [3.05, 3.63) is 28.3 Å². The normalized spacial score (nSPS) is 18.0. The van der Waals surface area contributed by atoms with Gasteiger partial charge >= 0.3 is 0 Å². The average molecular weight is 338 g/mol. The standard InChI is InChI=1S/C17H24ClN3O2/c1-11-8-12(2)16(13(18)9-11)19-15(22)10-21-7-5-6-14(21)17(23)20(3)4/h8-9,14H,5-7,10H2,1-4H3,(H,19,22)/t14-/m1/s1. The van der Waals surface area contributed by atoms with Crippen LogP contribution in [-0.2, 0) is 9.59 Å². The number of aryl methyl sites for hydroxylation is 2. The van der Waals surface area contributed by atoms with Crippen molar-refractivity contribution in [2.24, 2.45) is 0 Å². The summed E-state index contributed by atoms with van der Waals surface area (Å²) in [6, 6.07) is 3.61. The van der Waals surface area contributed by atoms with Gasteiger partial charge in [-0.2, -0.15) is 0 Å². The highest BCUT2D eigenvalue weighted by molar-refractivity contribution is 6.34. The maximum absolute atomic E-state index is 12.4. The van der Waals surface area contributed by atoms with E-state index < -0.39 is 0 Å². The third kappa shape index (κ3) is 4.24. The van der Waals surface area contributed by atoms with Crippen LogP contribution in [0, 0.1) is 13.8 Å². The minimum atomic E-state index is -0.203. The summed E-state index contributed by atoms with van der Waals surface area (Å²) in [5, 5.41) is 3.42. The summed E-state index contributed by atoms with van der Waals surface area (Å²) in [5.74, 6) is -0.0860. The monoisotopic (exact) mass is 337 g/mol. The van der Waals surface area contributed by atoms with Crippen LogP contribution in [0.5, 0.6) is 0 Å². The molecule has 0 bridgehead atoms. The Hall–Kier alpha value is -1.59. The number of likely N-dealkylation sites (N-methyl/N-ethyl adjacent to an activating group) is 1. The fourth-order valence-corrected chi connectivity index (χ4v) is 3.40. The first-order chi connectivity index (χ1) is 10.8. The molecule has 1 aliphatic rings. The van der Waals surface area contributed by atoms with Crippen molar-refractivity contribution in [1.29, 1.82) is 0 Å². The molecule has 5 nitrogen and oxygen atoms in total. The number of benzene rings is 1. The maximum Gasteiger partial charge on any atom is 0.239 e. The van der Waals surface area contributed by atoms with Gasteiger partial charge in [-0.1, -0.05) is 17.7 Å². The van der Waals surface area contributed by atoms with E-state index in [2.05, 4.69) is 5.32 Å². The first kappa shape index (κ1) is 17.8. The zero-order chi connectivity index (χ0) is 17.1. The van der Waals surface area contributed by atoms with E-state index in [0.717, 1.165) is 30.5 Å². The molecule has 0 aromatic heterocycles. The Morgan fingerprint density at radius 2 is 2.04 bits per heavy atom. The van der Waals surface area contributed by atoms with Gasteiger partial charge in [0.25, 0.3) is 0 Å². The minimum Gasteiger partial charge on any atom is -0.347 e. The molecule has 1 aromatic rings. The molecule has 6 heteroatoms. The lowest BCUT2D eigenvalue weighted by Crippen LogP contribution is -2.45. The lowest BCUT2D eigenvalue weighted by atomic mass is 10.1. The molecule has 2 rings (SSSR count). The van der Waals surface area contributed by atoms with Crippen LogP contribution in [0.1, 0.15) is 24.0 Å². The van der Waals surface area contributed by atoms with Crippen molar-refractivity contribution in [2.45, 2.75) is 32.7 Å². The average Bonchev–Trinajstić information content (AvgIpc) is 2.89. The zero-order valence-corrected chi connectivity index (χ0v) is 14.9. The summed E-state index contributed by atoms with van der Waals surface area (Å²) in [5.41, 5.74) is 2.64. The topological polar surface area (TPSA) is 52.7 Å². The van der Waals surface area contributed by atoms with E-state index in [9.17, 15) is 9.59 Å². The molecule has 1 aliphatic heterocycles. The van der Waals surface area contributed by atoms with Crippen molar-refractivity contribution < 1.29 is 9.59 Å². The first-order valence-corrected chi connectivity index (χ1v) is 8.19. The number of carbonyl (C=O) groups excluding carboxylic acids is 2. The highest BCUT2D eigenvalue weighted by Gasteiger charge is 2.32. The zero-order valence-electron chi connectivity index (χ0n) is 14.1. The molecule has 1 aromatic carbocycles. The number of nitrogens with zero attached hydrogens (tertiary/aromatic N) is 2. The van der Waals surface area contributed by atoms with Crippen LogP contribution < -0.4 is 5.32 Å². The van der Waals surface area contributed by atoms with E-state index in [1.165, 1.54) is 0 Å². The number of amides is 2.